The normalized spacial score (nSPS) is 13.0. The Morgan fingerprint density at radius 2 is 0.690 bits per heavy atom. The number of rotatable bonds is 8. The van der Waals surface area contributed by atoms with Gasteiger partial charge in [-0.3, -0.25) is 0 Å². The highest BCUT2D eigenvalue weighted by molar-refractivity contribution is 7.99. The molecular weight excluding hydrogens is 725 g/mol. The highest BCUT2D eigenvalue weighted by atomic mass is 32.2. The summed E-state index contributed by atoms with van der Waals surface area (Å²) in [6.45, 7) is 0.740. The number of benzene rings is 10. The van der Waals surface area contributed by atoms with Crippen LogP contribution in [0, 0.1) is 0 Å². The van der Waals surface area contributed by atoms with E-state index < -0.39 is 5.41 Å². The Morgan fingerprint density at radius 3 is 1.16 bits per heavy atom. The summed E-state index contributed by atoms with van der Waals surface area (Å²) in [7, 11) is 0. The lowest BCUT2D eigenvalue weighted by Crippen LogP contribution is -2.43. The molecule has 0 unspecified atom stereocenters. The monoisotopic (exact) mass is 762 g/mol. The fraction of sp³-hybridized carbons (Fsp3) is 0.0545. The molecule has 0 radical (unpaired) electrons. The van der Waals surface area contributed by atoms with E-state index in [0.29, 0.717) is 13.2 Å². The van der Waals surface area contributed by atoms with Crippen molar-refractivity contribution in [1.29, 1.82) is 0 Å². The molecule has 0 saturated heterocycles. The Kier molecular flexibility index (Phi) is 8.48. The molecule has 11 rings (SSSR count). The molecule has 0 aromatic heterocycles. The van der Waals surface area contributed by atoms with Crippen LogP contribution in [-0.4, -0.2) is 13.2 Å². The summed E-state index contributed by atoms with van der Waals surface area (Å²) in [5, 5.41) is 9.49. The lowest BCUT2D eigenvalue weighted by Gasteiger charge is -2.40. The van der Waals surface area contributed by atoms with Crippen LogP contribution in [0.3, 0.4) is 0 Å². The number of hydrogen-bond donors (Lipinski definition) is 0. The first kappa shape index (κ1) is 34.4. The van der Waals surface area contributed by atoms with Gasteiger partial charge in [0.2, 0.25) is 0 Å². The summed E-state index contributed by atoms with van der Waals surface area (Å²) < 4.78 is 14.7. The van der Waals surface area contributed by atoms with Crippen LogP contribution >= 0.6 is 11.8 Å². The Bertz CT molecular complexity index is 2960. The Morgan fingerprint density at radius 1 is 0.328 bits per heavy atom. The molecule has 0 saturated carbocycles. The number of ether oxygens (including phenoxy) is 2. The third-order valence-electron chi connectivity index (χ3n) is 11.9. The van der Waals surface area contributed by atoms with E-state index in [1.165, 1.54) is 53.2 Å². The van der Waals surface area contributed by atoms with Crippen LogP contribution in [0.4, 0.5) is 0 Å². The SMILES string of the molecule is c1ccc2c(c1)Sc1ccccc1C2(COc1ccc2ccccc2c1-c1cccc2ccccc12)COc1ccc2ccccc2c1-c1cccc2ccccc12. The Labute approximate surface area is 342 Å². The molecule has 0 fully saturated rings. The molecule has 0 amide bonds. The minimum atomic E-state index is -0.651. The van der Waals surface area contributed by atoms with Crippen LogP contribution in [-0.2, 0) is 5.41 Å². The number of fused-ring (bicyclic) bond motifs is 6. The zero-order valence-electron chi connectivity index (χ0n) is 31.8. The Balaban J connectivity index is 1.09. The topological polar surface area (TPSA) is 18.5 Å². The van der Waals surface area contributed by atoms with E-state index in [9.17, 15) is 0 Å². The van der Waals surface area contributed by atoms with Gasteiger partial charge in [0, 0.05) is 20.9 Å². The van der Waals surface area contributed by atoms with Gasteiger partial charge in [-0.2, -0.15) is 0 Å². The van der Waals surface area contributed by atoms with Gasteiger partial charge in [-0.25, -0.2) is 0 Å². The summed E-state index contributed by atoms with van der Waals surface area (Å²) in [5.41, 5.74) is 6.28. The van der Waals surface area contributed by atoms with E-state index in [1.807, 2.05) is 11.8 Å². The van der Waals surface area contributed by atoms with Gasteiger partial charge in [0.15, 0.2) is 0 Å². The third kappa shape index (κ3) is 5.73. The van der Waals surface area contributed by atoms with Crippen molar-refractivity contribution in [3.05, 3.63) is 217 Å². The van der Waals surface area contributed by atoms with Gasteiger partial charge in [0.05, 0.1) is 5.41 Å². The van der Waals surface area contributed by atoms with E-state index in [-0.39, 0.29) is 0 Å². The van der Waals surface area contributed by atoms with Crippen molar-refractivity contribution in [3.63, 3.8) is 0 Å². The van der Waals surface area contributed by atoms with Crippen molar-refractivity contribution < 1.29 is 9.47 Å². The summed E-state index contributed by atoms with van der Waals surface area (Å²) >= 11 is 1.82. The highest BCUT2D eigenvalue weighted by Crippen LogP contribution is 2.51. The summed E-state index contributed by atoms with van der Waals surface area (Å²) in [6.07, 6.45) is 0. The third-order valence-corrected chi connectivity index (χ3v) is 13.0. The van der Waals surface area contributed by atoms with Gasteiger partial charge in [-0.15, -0.1) is 0 Å². The smallest absolute Gasteiger partial charge is 0.127 e. The summed E-state index contributed by atoms with van der Waals surface area (Å²) in [4.78, 5) is 2.43. The maximum absolute atomic E-state index is 7.35. The van der Waals surface area contributed by atoms with Gasteiger partial charge in [0.1, 0.15) is 24.7 Å². The molecule has 0 atom stereocenters. The molecule has 0 N–H and O–H groups in total. The van der Waals surface area contributed by atoms with Crippen LogP contribution in [0.1, 0.15) is 11.1 Å². The fourth-order valence-corrected chi connectivity index (χ4v) is 10.4. The second kappa shape index (κ2) is 14.3. The van der Waals surface area contributed by atoms with Crippen LogP contribution in [0.5, 0.6) is 11.5 Å². The van der Waals surface area contributed by atoms with Gasteiger partial charge in [-0.05, 0) is 89.6 Å². The van der Waals surface area contributed by atoms with Crippen molar-refractivity contribution in [3.8, 4) is 33.8 Å². The maximum atomic E-state index is 7.35. The molecule has 276 valence electrons. The zero-order valence-corrected chi connectivity index (χ0v) is 32.6. The summed E-state index contributed by atoms with van der Waals surface area (Å²) in [6, 6.07) is 73.9. The lowest BCUT2D eigenvalue weighted by molar-refractivity contribution is 0.166. The largest absolute Gasteiger partial charge is 0.491 e. The predicted molar refractivity (Wildman–Crippen MR) is 243 cm³/mol. The minimum absolute atomic E-state index is 0.370. The van der Waals surface area contributed by atoms with Crippen molar-refractivity contribution in [2.45, 2.75) is 15.2 Å². The van der Waals surface area contributed by atoms with Gasteiger partial charge >= 0.3 is 0 Å². The van der Waals surface area contributed by atoms with Gasteiger partial charge in [0.25, 0.3) is 0 Å². The quantitative estimate of drug-likeness (QED) is 0.154. The number of hydrogen-bond acceptors (Lipinski definition) is 3. The van der Waals surface area contributed by atoms with Crippen LogP contribution < -0.4 is 9.47 Å². The van der Waals surface area contributed by atoms with Crippen molar-refractivity contribution >= 4 is 54.9 Å². The van der Waals surface area contributed by atoms with E-state index >= 15 is 0 Å². The standard InChI is InChI=1S/C55H38O2S/c1-5-21-41-37(15-1)19-13-25-45(41)53-43-23-7-3-17-39(43)31-33-49(53)56-35-55(47-27-9-11-29-51(47)58-52-30-12-10-28-48(52)55)36-57-50-34-32-40-18-4-8-24-44(40)54(50)46-26-14-20-38-16-2-6-22-42(38)46/h1-34H,35-36H2. The average Bonchev–Trinajstić information content (AvgIpc) is 3.29. The molecular formula is C55H38O2S. The van der Waals surface area contributed by atoms with Crippen molar-refractivity contribution in [1.82, 2.24) is 0 Å². The summed E-state index contributed by atoms with van der Waals surface area (Å²) in [5.74, 6) is 1.70. The van der Waals surface area contributed by atoms with Crippen LogP contribution in [0.25, 0.3) is 65.3 Å². The molecule has 2 nitrogen and oxygen atoms in total. The Hall–Kier alpha value is -6.81. The minimum Gasteiger partial charge on any atom is -0.491 e. The van der Waals surface area contributed by atoms with E-state index in [0.717, 1.165) is 44.5 Å². The molecule has 0 bridgehead atoms. The first-order valence-electron chi connectivity index (χ1n) is 19.9. The first-order chi connectivity index (χ1) is 28.7. The molecule has 0 aliphatic carbocycles. The van der Waals surface area contributed by atoms with Gasteiger partial charge < -0.3 is 9.47 Å². The van der Waals surface area contributed by atoms with E-state index in [2.05, 4.69) is 206 Å². The first-order valence-corrected chi connectivity index (χ1v) is 20.7. The molecule has 58 heavy (non-hydrogen) atoms. The molecule has 10 aromatic carbocycles. The predicted octanol–water partition coefficient (Wildman–Crippen LogP) is 14.5. The molecule has 1 aliphatic heterocycles. The highest BCUT2D eigenvalue weighted by Gasteiger charge is 2.43. The van der Waals surface area contributed by atoms with Gasteiger partial charge in [-0.1, -0.05) is 194 Å². The van der Waals surface area contributed by atoms with Crippen molar-refractivity contribution in [2.75, 3.05) is 13.2 Å². The molecule has 0 spiro atoms. The van der Waals surface area contributed by atoms with E-state index in [4.69, 9.17) is 9.47 Å². The van der Waals surface area contributed by atoms with Crippen LogP contribution in [0.15, 0.2) is 216 Å². The molecule has 1 heterocycles. The molecule has 3 heteroatoms. The molecule has 1 aliphatic rings. The zero-order chi connectivity index (χ0) is 38.5. The maximum Gasteiger partial charge on any atom is 0.127 e. The second-order valence-corrected chi connectivity index (χ2v) is 16.2. The van der Waals surface area contributed by atoms with Crippen molar-refractivity contribution in [2.24, 2.45) is 0 Å². The van der Waals surface area contributed by atoms with E-state index in [1.54, 1.807) is 0 Å². The lowest BCUT2D eigenvalue weighted by atomic mass is 9.75. The van der Waals surface area contributed by atoms with Crippen LogP contribution in [0.2, 0.25) is 0 Å². The average molecular weight is 763 g/mol. The second-order valence-electron chi connectivity index (χ2n) is 15.1. The molecule has 10 aromatic rings. The fourth-order valence-electron chi connectivity index (χ4n) is 9.11.